The van der Waals surface area contributed by atoms with Crippen molar-refractivity contribution in [1.29, 1.82) is 0 Å². The highest BCUT2D eigenvalue weighted by molar-refractivity contribution is 5.42. The Labute approximate surface area is 110 Å². The molecule has 1 fully saturated rings. The molecule has 0 aromatic heterocycles. The Hall–Kier alpha value is -1.70. The monoisotopic (exact) mass is 268 g/mol. The van der Waals surface area contributed by atoms with Gasteiger partial charge in [0.1, 0.15) is 5.75 Å². The molecule has 0 amide bonds. The van der Waals surface area contributed by atoms with Crippen LogP contribution in [0.1, 0.15) is 5.56 Å². The maximum Gasteiger partial charge on any atom is 0.273 e. The smallest absolute Gasteiger partial charge is 0.273 e. The highest BCUT2D eigenvalue weighted by atomic mass is 16.6. The number of rotatable bonds is 4. The van der Waals surface area contributed by atoms with E-state index in [2.05, 4.69) is 0 Å². The average molecular weight is 268 g/mol. The molecule has 7 heteroatoms. The summed E-state index contributed by atoms with van der Waals surface area (Å²) < 4.78 is 5.03. The minimum Gasteiger partial charge on any atom is -0.496 e. The highest BCUT2D eigenvalue weighted by Crippen LogP contribution is 2.24. The van der Waals surface area contributed by atoms with Gasteiger partial charge in [-0.25, -0.2) is 0 Å². The first kappa shape index (κ1) is 13.7. The summed E-state index contributed by atoms with van der Waals surface area (Å²) in [6.07, 6.45) is -1.53. The van der Waals surface area contributed by atoms with Crippen LogP contribution in [0, 0.1) is 10.1 Å². The number of nitrogens with zero attached hydrogens (tertiary/aromatic N) is 2. The molecule has 104 valence electrons. The first-order chi connectivity index (χ1) is 8.99. The quantitative estimate of drug-likeness (QED) is 0.595. The van der Waals surface area contributed by atoms with Crippen molar-refractivity contribution in [1.82, 2.24) is 4.90 Å². The molecule has 1 aliphatic heterocycles. The van der Waals surface area contributed by atoms with Gasteiger partial charge in [-0.2, -0.15) is 0 Å². The number of hydrogen-bond donors (Lipinski definition) is 2. The van der Waals surface area contributed by atoms with Gasteiger partial charge in [0.15, 0.2) is 0 Å². The van der Waals surface area contributed by atoms with Gasteiger partial charge in [-0.1, -0.05) is 0 Å². The van der Waals surface area contributed by atoms with Gasteiger partial charge in [-0.3, -0.25) is 15.0 Å². The highest BCUT2D eigenvalue weighted by Gasteiger charge is 2.29. The number of β-amino-alcohol motifs (C(OH)–C–C–N with tert-alkyl or cyclic N) is 2. The third-order valence-corrected chi connectivity index (χ3v) is 3.14. The van der Waals surface area contributed by atoms with E-state index in [1.165, 1.54) is 19.2 Å². The SMILES string of the molecule is COc1cc(CN2CC(O)C(O)C2)cc([N+](=O)[O-])c1. The van der Waals surface area contributed by atoms with Gasteiger partial charge in [0.05, 0.1) is 30.3 Å². The Bertz CT molecular complexity index is 469. The first-order valence-electron chi connectivity index (χ1n) is 5.90. The van der Waals surface area contributed by atoms with Gasteiger partial charge in [0.25, 0.3) is 5.69 Å². The minimum atomic E-state index is -0.763. The zero-order valence-electron chi connectivity index (χ0n) is 10.5. The van der Waals surface area contributed by atoms with E-state index in [-0.39, 0.29) is 5.69 Å². The van der Waals surface area contributed by atoms with E-state index >= 15 is 0 Å². The molecule has 0 radical (unpaired) electrons. The third kappa shape index (κ3) is 3.19. The van der Waals surface area contributed by atoms with Crippen LogP contribution in [-0.4, -0.2) is 52.4 Å². The molecule has 0 saturated carbocycles. The van der Waals surface area contributed by atoms with Crippen LogP contribution < -0.4 is 4.74 Å². The lowest BCUT2D eigenvalue weighted by molar-refractivity contribution is -0.385. The van der Waals surface area contributed by atoms with Crippen molar-refractivity contribution in [2.75, 3.05) is 20.2 Å². The minimum absolute atomic E-state index is 0.0327. The largest absolute Gasteiger partial charge is 0.496 e. The second-order valence-electron chi connectivity index (χ2n) is 4.63. The molecule has 2 N–H and O–H groups in total. The fourth-order valence-electron chi connectivity index (χ4n) is 2.19. The molecule has 19 heavy (non-hydrogen) atoms. The standard InChI is InChI=1S/C12H16N2O5/c1-19-10-3-8(2-9(4-10)14(17)18)5-13-6-11(15)12(16)7-13/h2-4,11-12,15-16H,5-7H2,1H3. The predicted octanol–water partition coefficient (Wildman–Crippen LogP) is 0.141. The number of benzene rings is 1. The Kier molecular flexibility index (Phi) is 3.98. The first-order valence-corrected chi connectivity index (χ1v) is 5.90. The maximum atomic E-state index is 10.8. The summed E-state index contributed by atoms with van der Waals surface area (Å²) in [5.74, 6) is 0.421. The van der Waals surface area contributed by atoms with Crippen molar-refractivity contribution in [3.8, 4) is 5.75 Å². The number of ether oxygens (including phenoxy) is 1. The Balaban J connectivity index is 2.16. The number of nitro benzene ring substituents is 1. The molecule has 7 nitrogen and oxygen atoms in total. The van der Waals surface area contributed by atoms with Crippen molar-refractivity contribution >= 4 is 5.69 Å². The fraction of sp³-hybridized carbons (Fsp3) is 0.500. The van der Waals surface area contributed by atoms with Crippen LogP contribution >= 0.6 is 0 Å². The van der Waals surface area contributed by atoms with Gasteiger partial charge in [0, 0.05) is 25.7 Å². The summed E-state index contributed by atoms with van der Waals surface area (Å²) >= 11 is 0. The molecule has 2 unspecified atom stereocenters. The second-order valence-corrected chi connectivity index (χ2v) is 4.63. The van der Waals surface area contributed by atoms with Crippen LogP contribution in [0.25, 0.3) is 0 Å². The Morgan fingerprint density at radius 3 is 2.53 bits per heavy atom. The Morgan fingerprint density at radius 1 is 1.37 bits per heavy atom. The molecule has 1 aliphatic rings. The van der Waals surface area contributed by atoms with Crippen LogP contribution in [0.5, 0.6) is 5.75 Å². The van der Waals surface area contributed by atoms with Gasteiger partial charge < -0.3 is 14.9 Å². The van der Waals surface area contributed by atoms with E-state index in [1.54, 1.807) is 6.07 Å². The lowest BCUT2D eigenvalue weighted by Crippen LogP contribution is -2.22. The van der Waals surface area contributed by atoms with Gasteiger partial charge in [0.2, 0.25) is 0 Å². The van der Waals surface area contributed by atoms with Crippen LogP contribution in [0.3, 0.4) is 0 Å². The van der Waals surface area contributed by atoms with Gasteiger partial charge >= 0.3 is 0 Å². The lowest BCUT2D eigenvalue weighted by atomic mass is 10.2. The zero-order valence-corrected chi connectivity index (χ0v) is 10.5. The lowest BCUT2D eigenvalue weighted by Gasteiger charge is -2.15. The molecular formula is C12H16N2O5. The number of likely N-dealkylation sites (tertiary alicyclic amines) is 1. The van der Waals surface area contributed by atoms with E-state index in [4.69, 9.17) is 4.74 Å². The molecule has 0 bridgehead atoms. The molecule has 1 heterocycles. The molecule has 1 saturated heterocycles. The average Bonchev–Trinajstić information content (AvgIpc) is 2.67. The molecule has 2 rings (SSSR count). The topological polar surface area (TPSA) is 96.1 Å². The molecule has 0 aliphatic carbocycles. The van der Waals surface area contributed by atoms with Crippen molar-refractivity contribution in [2.45, 2.75) is 18.8 Å². The number of nitro groups is 1. The van der Waals surface area contributed by atoms with Crippen LogP contribution in [0.2, 0.25) is 0 Å². The van der Waals surface area contributed by atoms with Crippen LogP contribution in [-0.2, 0) is 6.54 Å². The molecule has 1 aromatic rings. The van der Waals surface area contributed by atoms with Crippen molar-refractivity contribution in [3.63, 3.8) is 0 Å². The number of aliphatic hydroxyl groups is 2. The summed E-state index contributed by atoms with van der Waals surface area (Å²) in [6, 6.07) is 4.54. The summed E-state index contributed by atoms with van der Waals surface area (Å²) in [5.41, 5.74) is 0.682. The van der Waals surface area contributed by atoms with Gasteiger partial charge in [-0.05, 0) is 11.6 Å². The van der Waals surface area contributed by atoms with Crippen molar-refractivity contribution < 1.29 is 19.9 Å². The van der Waals surface area contributed by atoms with E-state index in [9.17, 15) is 20.3 Å². The van der Waals surface area contributed by atoms with Crippen LogP contribution in [0.4, 0.5) is 5.69 Å². The normalized spacial score (nSPS) is 23.5. The van der Waals surface area contributed by atoms with E-state index in [0.717, 1.165) is 0 Å². The van der Waals surface area contributed by atoms with E-state index < -0.39 is 17.1 Å². The number of aliphatic hydroxyl groups excluding tert-OH is 2. The summed E-state index contributed by atoms with van der Waals surface area (Å²) in [6.45, 7) is 1.13. The summed E-state index contributed by atoms with van der Waals surface area (Å²) in [4.78, 5) is 12.2. The maximum absolute atomic E-state index is 10.8. The predicted molar refractivity (Wildman–Crippen MR) is 66.9 cm³/mol. The van der Waals surface area contributed by atoms with Crippen molar-refractivity contribution in [2.24, 2.45) is 0 Å². The molecular weight excluding hydrogens is 252 g/mol. The number of non-ortho nitro benzene ring substituents is 1. The number of methoxy groups -OCH3 is 1. The number of hydrogen-bond acceptors (Lipinski definition) is 6. The summed E-state index contributed by atoms with van der Waals surface area (Å²) in [7, 11) is 1.45. The van der Waals surface area contributed by atoms with Crippen LogP contribution in [0.15, 0.2) is 18.2 Å². The third-order valence-electron chi connectivity index (χ3n) is 3.14. The van der Waals surface area contributed by atoms with Gasteiger partial charge in [-0.15, -0.1) is 0 Å². The second kappa shape index (κ2) is 5.52. The molecule has 1 aromatic carbocycles. The molecule has 0 spiro atoms. The Morgan fingerprint density at radius 2 is 2.00 bits per heavy atom. The van der Waals surface area contributed by atoms with E-state index in [0.29, 0.717) is 30.9 Å². The molecule has 2 atom stereocenters. The summed E-state index contributed by atoms with van der Waals surface area (Å²) in [5, 5.41) is 29.7. The fourth-order valence-corrected chi connectivity index (χ4v) is 2.19. The zero-order chi connectivity index (χ0) is 14.0. The van der Waals surface area contributed by atoms with Crippen molar-refractivity contribution in [3.05, 3.63) is 33.9 Å². The van der Waals surface area contributed by atoms with E-state index in [1.807, 2.05) is 4.90 Å².